The summed E-state index contributed by atoms with van der Waals surface area (Å²) in [5.74, 6) is -10.4. The third-order valence-corrected chi connectivity index (χ3v) is 4.27. The molecule has 0 bridgehead atoms. The van der Waals surface area contributed by atoms with Gasteiger partial charge in [-0.2, -0.15) is 18.2 Å². The number of amides is 1. The molecule has 0 saturated carbocycles. The molecule has 2 rings (SSSR count). The molecular formula is C16H13F7N2OS. The lowest BCUT2D eigenvalue weighted by Crippen LogP contribution is -2.25. The van der Waals surface area contributed by atoms with Crippen LogP contribution in [0.2, 0.25) is 0 Å². The van der Waals surface area contributed by atoms with E-state index in [1.807, 2.05) is 0 Å². The Hall–Kier alpha value is -2.17. The Morgan fingerprint density at radius 1 is 1.00 bits per heavy atom. The summed E-state index contributed by atoms with van der Waals surface area (Å²) >= 11 is 0.768. The summed E-state index contributed by atoms with van der Waals surface area (Å²) < 4.78 is 94.9. The maximum Gasteiger partial charge on any atom is 0.422 e. The number of hydrogen-bond donors (Lipinski definition) is 0. The van der Waals surface area contributed by atoms with E-state index in [0.717, 1.165) is 17.5 Å². The number of rotatable bonds is 1. The lowest BCUT2D eigenvalue weighted by atomic mass is 9.96. The van der Waals surface area contributed by atoms with Crippen LogP contribution in [0.3, 0.4) is 0 Å². The Morgan fingerprint density at radius 2 is 1.48 bits per heavy atom. The molecule has 0 radical (unpaired) electrons. The molecule has 0 atom stereocenters. The van der Waals surface area contributed by atoms with Crippen molar-refractivity contribution in [3.05, 3.63) is 44.7 Å². The van der Waals surface area contributed by atoms with Crippen LogP contribution in [-0.2, 0) is 11.0 Å². The smallest absolute Gasteiger partial charge is 0.286 e. The zero-order chi connectivity index (χ0) is 20.9. The summed E-state index contributed by atoms with van der Waals surface area (Å²) in [5.41, 5.74) is -5.07. The fourth-order valence-corrected chi connectivity index (χ4v) is 2.85. The Balaban J connectivity index is 2.87. The van der Waals surface area contributed by atoms with E-state index in [2.05, 4.69) is 4.99 Å². The summed E-state index contributed by atoms with van der Waals surface area (Å²) in [6, 6.07) is 0. The highest BCUT2D eigenvalue weighted by molar-refractivity contribution is 7.09. The predicted octanol–water partition coefficient (Wildman–Crippen LogP) is 4.90. The van der Waals surface area contributed by atoms with Crippen molar-refractivity contribution in [3.63, 3.8) is 0 Å². The second kappa shape index (κ2) is 6.77. The highest BCUT2D eigenvalue weighted by atomic mass is 32.1. The van der Waals surface area contributed by atoms with Crippen molar-refractivity contribution in [3.8, 4) is 5.69 Å². The minimum atomic E-state index is -5.64. The summed E-state index contributed by atoms with van der Waals surface area (Å²) in [6.07, 6.45) is -4.63. The van der Waals surface area contributed by atoms with Gasteiger partial charge in [0.05, 0.1) is 0 Å². The van der Waals surface area contributed by atoms with Crippen molar-refractivity contribution in [1.29, 1.82) is 0 Å². The van der Waals surface area contributed by atoms with Crippen LogP contribution in [-0.4, -0.2) is 10.5 Å². The Morgan fingerprint density at radius 3 is 1.89 bits per heavy atom. The first-order valence-corrected chi connectivity index (χ1v) is 8.19. The van der Waals surface area contributed by atoms with Gasteiger partial charge in [-0.05, 0) is 6.92 Å². The zero-order valence-electron chi connectivity index (χ0n) is 14.4. The van der Waals surface area contributed by atoms with E-state index in [1.165, 1.54) is 27.7 Å². The van der Waals surface area contributed by atoms with Gasteiger partial charge in [0.15, 0.2) is 28.1 Å². The maximum absolute atomic E-state index is 14.3. The SMILES string of the molecule is Cc1cn(-c2c(F)c(F)c(C(F)(F)F)c(F)c2F)/c(=N/C(=O)C(C)(C)C)s1. The summed E-state index contributed by atoms with van der Waals surface area (Å²) in [4.78, 5) is 15.7. The monoisotopic (exact) mass is 414 g/mol. The van der Waals surface area contributed by atoms with Gasteiger partial charge < -0.3 is 0 Å². The van der Waals surface area contributed by atoms with Gasteiger partial charge in [0.2, 0.25) is 0 Å². The minimum Gasteiger partial charge on any atom is -0.286 e. The summed E-state index contributed by atoms with van der Waals surface area (Å²) in [7, 11) is 0. The Bertz CT molecular complexity index is 951. The molecule has 0 aliphatic rings. The van der Waals surface area contributed by atoms with E-state index in [4.69, 9.17) is 0 Å². The average Bonchev–Trinajstić information content (AvgIpc) is 2.83. The standard InChI is InChI=1S/C16H13F7N2OS/c1-6-5-25(14(27-6)24-13(26)15(2,3)4)12-10(19)8(17)7(16(21,22)23)9(18)11(12)20/h5H,1-4H3/b24-14-. The van der Waals surface area contributed by atoms with E-state index in [9.17, 15) is 35.5 Å². The van der Waals surface area contributed by atoms with Crippen LogP contribution in [0.25, 0.3) is 5.69 Å². The molecule has 1 aromatic carbocycles. The molecule has 0 N–H and O–H groups in total. The number of aromatic nitrogens is 1. The fraction of sp³-hybridized carbons (Fsp3) is 0.375. The van der Waals surface area contributed by atoms with Crippen molar-refractivity contribution in [2.24, 2.45) is 10.4 Å². The molecule has 0 aliphatic heterocycles. The van der Waals surface area contributed by atoms with Crippen molar-refractivity contribution >= 4 is 17.2 Å². The quantitative estimate of drug-likeness (QED) is 0.483. The molecule has 2 aromatic rings. The molecule has 0 unspecified atom stereocenters. The van der Waals surface area contributed by atoms with Crippen molar-refractivity contribution in [1.82, 2.24) is 4.57 Å². The van der Waals surface area contributed by atoms with Crippen molar-refractivity contribution < 1.29 is 35.5 Å². The highest BCUT2D eigenvalue weighted by Gasteiger charge is 2.42. The molecule has 0 fully saturated rings. The van der Waals surface area contributed by atoms with Crippen LogP contribution in [0.15, 0.2) is 11.2 Å². The molecule has 0 saturated heterocycles. The molecule has 0 spiro atoms. The van der Waals surface area contributed by atoms with Gasteiger partial charge in [0.1, 0.15) is 11.3 Å². The molecule has 148 valence electrons. The molecule has 1 aromatic heterocycles. The number of benzene rings is 1. The van der Waals surface area contributed by atoms with Crippen LogP contribution >= 0.6 is 11.3 Å². The van der Waals surface area contributed by atoms with E-state index in [-0.39, 0.29) is 4.80 Å². The summed E-state index contributed by atoms with van der Waals surface area (Å²) in [6.45, 7) is 6.00. The number of aryl methyl sites for hydroxylation is 1. The molecular weight excluding hydrogens is 401 g/mol. The van der Waals surface area contributed by atoms with Crippen LogP contribution in [0.1, 0.15) is 31.2 Å². The molecule has 11 heteroatoms. The lowest BCUT2D eigenvalue weighted by Gasteiger charge is -2.15. The lowest BCUT2D eigenvalue weighted by molar-refractivity contribution is -0.143. The number of carbonyl (C=O) groups is 1. The average molecular weight is 414 g/mol. The highest BCUT2D eigenvalue weighted by Crippen LogP contribution is 2.37. The van der Waals surface area contributed by atoms with Gasteiger partial charge in [-0.3, -0.25) is 9.36 Å². The molecule has 1 heterocycles. The molecule has 0 aliphatic carbocycles. The fourth-order valence-electron chi connectivity index (χ4n) is 2.03. The van der Waals surface area contributed by atoms with Gasteiger partial charge in [0, 0.05) is 16.5 Å². The van der Waals surface area contributed by atoms with Gasteiger partial charge in [-0.1, -0.05) is 20.8 Å². The van der Waals surface area contributed by atoms with Crippen molar-refractivity contribution in [2.75, 3.05) is 0 Å². The number of carbonyl (C=O) groups excluding carboxylic acids is 1. The maximum atomic E-state index is 14.3. The number of thiazole rings is 1. The largest absolute Gasteiger partial charge is 0.422 e. The van der Waals surface area contributed by atoms with Crippen LogP contribution in [0.5, 0.6) is 0 Å². The second-order valence-electron chi connectivity index (χ2n) is 6.64. The summed E-state index contributed by atoms with van der Waals surface area (Å²) in [5, 5.41) is 0. The van der Waals surface area contributed by atoms with E-state index in [1.54, 1.807) is 0 Å². The topological polar surface area (TPSA) is 34.4 Å². The van der Waals surface area contributed by atoms with E-state index < -0.39 is 52.0 Å². The van der Waals surface area contributed by atoms with Crippen LogP contribution in [0, 0.1) is 35.6 Å². The normalized spacial score (nSPS) is 13.4. The second-order valence-corrected chi connectivity index (χ2v) is 7.85. The first-order chi connectivity index (χ1) is 12.2. The van der Waals surface area contributed by atoms with Gasteiger partial charge in [0.25, 0.3) is 5.91 Å². The van der Waals surface area contributed by atoms with Gasteiger partial charge in [-0.15, -0.1) is 11.3 Å². The minimum absolute atomic E-state index is 0.343. The van der Waals surface area contributed by atoms with Crippen molar-refractivity contribution in [2.45, 2.75) is 33.9 Å². The number of halogens is 7. The van der Waals surface area contributed by atoms with Crippen LogP contribution < -0.4 is 4.80 Å². The van der Waals surface area contributed by atoms with E-state index >= 15 is 0 Å². The van der Waals surface area contributed by atoms with Gasteiger partial charge >= 0.3 is 6.18 Å². The third kappa shape index (κ3) is 3.92. The number of alkyl halides is 3. The number of nitrogens with zero attached hydrogens (tertiary/aromatic N) is 2. The Labute approximate surface area is 152 Å². The zero-order valence-corrected chi connectivity index (χ0v) is 15.3. The first kappa shape index (κ1) is 21.1. The first-order valence-electron chi connectivity index (χ1n) is 7.38. The molecule has 3 nitrogen and oxygen atoms in total. The molecule has 27 heavy (non-hydrogen) atoms. The molecule has 1 amide bonds. The van der Waals surface area contributed by atoms with E-state index in [0.29, 0.717) is 9.44 Å². The Kier molecular flexibility index (Phi) is 5.30. The number of hydrogen-bond acceptors (Lipinski definition) is 2. The predicted molar refractivity (Wildman–Crippen MR) is 83.2 cm³/mol. The van der Waals surface area contributed by atoms with Gasteiger partial charge in [-0.25, -0.2) is 17.6 Å². The third-order valence-electron chi connectivity index (χ3n) is 3.37. The van der Waals surface area contributed by atoms with Crippen LogP contribution in [0.4, 0.5) is 30.7 Å².